The Bertz CT molecular complexity index is 1600. The van der Waals surface area contributed by atoms with Gasteiger partial charge in [0.1, 0.15) is 11.6 Å². The van der Waals surface area contributed by atoms with Crippen molar-refractivity contribution in [1.82, 2.24) is 19.3 Å². The van der Waals surface area contributed by atoms with Gasteiger partial charge in [0.05, 0.1) is 29.4 Å². The molecule has 2 aromatic carbocycles. The lowest BCUT2D eigenvalue weighted by Crippen LogP contribution is -2.54. The first kappa shape index (κ1) is 22.9. The maximum atomic E-state index is 15.1. The first-order chi connectivity index (χ1) is 17.8. The average Bonchev–Trinajstić information content (AvgIpc) is 3.45. The van der Waals surface area contributed by atoms with Gasteiger partial charge in [0.25, 0.3) is 0 Å². The summed E-state index contributed by atoms with van der Waals surface area (Å²) in [6, 6.07) is 17.2. The van der Waals surface area contributed by atoms with Gasteiger partial charge in [-0.2, -0.15) is 9.94 Å². The molecule has 0 saturated carbocycles. The Morgan fingerprint density at radius 1 is 1.08 bits per heavy atom. The number of fused-ring (bicyclic) bond motifs is 1. The van der Waals surface area contributed by atoms with Crippen LogP contribution in [0.3, 0.4) is 0 Å². The second-order valence-electron chi connectivity index (χ2n) is 9.66. The predicted molar refractivity (Wildman–Crippen MR) is 131 cm³/mol. The summed E-state index contributed by atoms with van der Waals surface area (Å²) in [5.41, 5.74) is 0.437. The maximum absolute atomic E-state index is 15.1. The van der Waals surface area contributed by atoms with E-state index in [0.29, 0.717) is 31.2 Å². The van der Waals surface area contributed by atoms with Crippen molar-refractivity contribution in [3.8, 4) is 23.3 Å². The van der Waals surface area contributed by atoms with Crippen LogP contribution in [0.25, 0.3) is 5.69 Å². The number of pyridine rings is 1. The topological polar surface area (TPSA) is 89.0 Å². The van der Waals surface area contributed by atoms with Crippen molar-refractivity contribution in [3.05, 3.63) is 94.3 Å². The molecule has 2 aromatic heterocycles. The fraction of sp³-hybridized carbons (Fsp3) is 0.259. The molecule has 1 atom stereocenters. The highest BCUT2D eigenvalue weighted by Crippen LogP contribution is 2.36. The van der Waals surface area contributed by atoms with E-state index in [1.54, 1.807) is 4.57 Å². The second-order valence-corrected chi connectivity index (χ2v) is 9.66. The Hall–Kier alpha value is -4.52. The number of benzene rings is 2. The summed E-state index contributed by atoms with van der Waals surface area (Å²) < 4.78 is 37.8. The van der Waals surface area contributed by atoms with Gasteiger partial charge in [0.15, 0.2) is 23.1 Å². The van der Waals surface area contributed by atoms with Crippen LogP contribution >= 0.6 is 0 Å². The summed E-state index contributed by atoms with van der Waals surface area (Å²) in [6.07, 6.45) is 2.42. The Kier molecular flexibility index (Phi) is 5.30. The molecule has 6 rings (SSSR count). The van der Waals surface area contributed by atoms with Gasteiger partial charge in [-0.15, -0.1) is 5.10 Å². The van der Waals surface area contributed by atoms with E-state index in [2.05, 4.69) is 16.2 Å². The third-order valence-corrected chi connectivity index (χ3v) is 6.88. The van der Waals surface area contributed by atoms with Crippen molar-refractivity contribution < 1.29 is 13.5 Å². The number of rotatable bonds is 5. The lowest BCUT2D eigenvalue weighted by molar-refractivity contribution is 0.333. The number of anilines is 1. The summed E-state index contributed by atoms with van der Waals surface area (Å²) in [5.74, 6) is -0.823. The first-order valence-corrected chi connectivity index (χ1v) is 11.9. The Morgan fingerprint density at radius 3 is 2.59 bits per heavy atom. The van der Waals surface area contributed by atoms with Crippen LogP contribution < -0.4 is 15.3 Å². The van der Waals surface area contributed by atoms with Gasteiger partial charge in [0.2, 0.25) is 0 Å². The van der Waals surface area contributed by atoms with Crippen LogP contribution in [0, 0.1) is 28.4 Å². The summed E-state index contributed by atoms with van der Waals surface area (Å²) in [5, 5.41) is 13.6. The fourth-order valence-corrected chi connectivity index (χ4v) is 4.97. The molecule has 186 valence electrons. The van der Waals surface area contributed by atoms with E-state index < -0.39 is 17.0 Å². The molecule has 1 saturated heterocycles. The zero-order valence-electron chi connectivity index (χ0n) is 19.9. The predicted octanol–water partition coefficient (Wildman–Crippen LogP) is 4.38. The smallest absolute Gasteiger partial charge is 0.351 e. The molecular formula is C27H22F2N6O2. The number of nitrogens with zero attached hydrogens (tertiary/aromatic N) is 6. The molecule has 8 nitrogen and oxygen atoms in total. The quantitative estimate of drug-likeness (QED) is 0.404. The summed E-state index contributed by atoms with van der Waals surface area (Å²) in [7, 11) is 0. The molecule has 0 spiro atoms. The number of halogens is 2. The maximum Gasteiger partial charge on any atom is 0.351 e. The lowest BCUT2D eigenvalue weighted by atomic mass is 9.84. The van der Waals surface area contributed by atoms with Gasteiger partial charge < -0.3 is 9.64 Å². The zero-order valence-corrected chi connectivity index (χ0v) is 19.9. The Labute approximate surface area is 211 Å². The molecule has 37 heavy (non-hydrogen) atoms. The highest BCUT2D eigenvalue weighted by Gasteiger charge is 2.40. The summed E-state index contributed by atoms with van der Waals surface area (Å²) >= 11 is 0. The third kappa shape index (κ3) is 3.93. The third-order valence-electron chi connectivity index (χ3n) is 6.88. The molecule has 0 N–H and O–H groups in total. The minimum Gasteiger partial charge on any atom is -0.451 e. The van der Waals surface area contributed by atoms with Crippen LogP contribution in [-0.4, -0.2) is 32.4 Å². The van der Waals surface area contributed by atoms with E-state index in [9.17, 15) is 14.4 Å². The number of hydrogen-bond donors (Lipinski definition) is 0. The van der Waals surface area contributed by atoms with Crippen LogP contribution in [-0.2, 0) is 6.42 Å². The molecule has 0 amide bonds. The molecule has 10 heteroatoms. The average molecular weight is 501 g/mol. The van der Waals surface area contributed by atoms with E-state index in [4.69, 9.17) is 4.74 Å². The van der Waals surface area contributed by atoms with Crippen molar-refractivity contribution in [2.75, 3.05) is 18.0 Å². The highest BCUT2D eigenvalue weighted by atomic mass is 19.1. The van der Waals surface area contributed by atoms with Crippen molar-refractivity contribution in [3.63, 3.8) is 0 Å². The number of aromatic nitrogens is 4. The lowest BCUT2D eigenvalue weighted by Gasteiger charge is -2.44. The van der Waals surface area contributed by atoms with E-state index in [1.165, 1.54) is 22.9 Å². The number of aryl methyl sites for hydroxylation is 1. The standard InChI is InChI=1S/C27H22F2N6O2/c1-27(14-30)15-33(16-27)25-12-23(20(29)13-31-25)37-22-9-7-18(11-19(22)28)35-26(36)34-21(8-10-24(34)32-35)17-5-3-2-4-6-17/h2-7,9,11-13,21H,8,10,15-16H2,1H3. The number of hydrogen-bond acceptors (Lipinski definition) is 6. The van der Waals surface area contributed by atoms with Gasteiger partial charge >= 0.3 is 5.69 Å². The fourth-order valence-electron chi connectivity index (χ4n) is 4.97. The molecule has 0 aliphatic carbocycles. The van der Waals surface area contributed by atoms with E-state index >= 15 is 4.39 Å². The first-order valence-electron chi connectivity index (χ1n) is 11.9. The van der Waals surface area contributed by atoms with Gasteiger partial charge in [0, 0.05) is 31.6 Å². The van der Waals surface area contributed by atoms with Crippen molar-refractivity contribution in [2.45, 2.75) is 25.8 Å². The molecule has 2 aliphatic heterocycles. The Balaban J connectivity index is 1.25. The van der Waals surface area contributed by atoms with Crippen LogP contribution in [0.4, 0.5) is 14.6 Å². The zero-order chi connectivity index (χ0) is 25.7. The Morgan fingerprint density at radius 2 is 1.86 bits per heavy atom. The molecule has 0 bridgehead atoms. The molecule has 2 aliphatic rings. The highest BCUT2D eigenvalue weighted by molar-refractivity contribution is 5.50. The summed E-state index contributed by atoms with van der Waals surface area (Å²) in [4.78, 5) is 19.1. The van der Waals surface area contributed by atoms with Crippen molar-refractivity contribution in [2.24, 2.45) is 5.41 Å². The number of nitriles is 1. The normalized spacial score (nSPS) is 17.7. The molecule has 1 unspecified atom stereocenters. The van der Waals surface area contributed by atoms with Gasteiger partial charge in [-0.1, -0.05) is 30.3 Å². The minimum atomic E-state index is -0.768. The van der Waals surface area contributed by atoms with Gasteiger partial charge in [-0.3, -0.25) is 4.57 Å². The molecule has 4 aromatic rings. The van der Waals surface area contributed by atoms with Crippen molar-refractivity contribution >= 4 is 5.82 Å². The second kappa shape index (κ2) is 8.55. The molecular weight excluding hydrogens is 478 g/mol. The SMILES string of the molecule is CC1(C#N)CN(c2cc(Oc3ccc(-n4nc5n(c4=O)C(c4ccccc4)CC5)cc3F)c(F)cn2)C1. The minimum absolute atomic E-state index is 0.119. The molecule has 1 fully saturated rings. The summed E-state index contributed by atoms with van der Waals surface area (Å²) in [6.45, 7) is 2.75. The largest absolute Gasteiger partial charge is 0.451 e. The van der Waals surface area contributed by atoms with Gasteiger partial charge in [-0.25, -0.2) is 18.6 Å². The van der Waals surface area contributed by atoms with E-state index in [-0.39, 0.29) is 28.9 Å². The van der Waals surface area contributed by atoms with Crippen LogP contribution in [0.2, 0.25) is 0 Å². The van der Waals surface area contributed by atoms with Gasteiger partial charge in [-0.05, 0) is 31.0 Å². The van der Waals surface area contributed by atoms with Crippen LogP contribution in [0.1, 0.15) is 30.8 Å². The van der Waals surface area contributed by atoms with E-state index in [1.807, 2.05) is 42.2 Å². The van der Waals surface area contributed by atoms with Crippen molar-refractivity contribution in [1.29, 1.82) is 5.26 Å². The van der Waals surface area contributed by atoms with E-state index in [0.717, 1.165) is 24.2 Å². The van der Waals surface area contributed by atoms with Crippen LogP contribution in [0.15, 0.2) is 65.6 Å². The monoisotopic (exact) mass is 500 g/mol. The molecule has 4 heterocycles. The molecule has 0 radical (unpaired) electrons. The van der Waals surface area contributed by atoms with Crippen LogP contribution in [0.5, 0.6) is 11.5 Å². The number of ether oxygens (including phenoxy) is 1.